The summed E-state index contributed by atoms with van der Waals surface area (Å²) in [6.45, 7) is 1.48. The zero-order valence-electron chi connectivity index (χ0n) is 14.8. The van der Waals surface area contributed by atoms with Crippen LogP contribution in [0.4, 0.5) is 0 Å². The Hall–Kier alpha value is -3.19. The Bertz CT molecular complexity index is 615. The number of carbonyl (C=O) groups excluding carboxylic acids is 2. The van der Waals surface area contributed by atoms with Crippen LogP contribution in [-0.2, 0) is 30.6 Å². The molecule has 1 rings (SSSR count). The molecule has 0 spiro atoms. The number of nitrogens with two attached hydrogens (primary N) is 4. The second kappa shape index (κ2) is 13.1. The van der Waals surface area contributed by atoms with Crippen LogP contribution in [0.2, 0.25) is 0 Å². The molecule has 27 heavy (non-hydrogen) atoms. The number of rotatable bonds is 8. The van der Waals surface area contributed by atoms with Gasteiger partial charge in [-0.25, -0.2) is 24.3 Å². The van der Waals surface area contributed by atoms with Crippen molar-refractivity contribution in [1.82, 2.24) is 9.97 Å². The molecule has 0 aromatic carbocycles. The number of carboxylic acid groups (broad SMARTS) is 1. The third kappa shape index (κ3) is 12.8. The highest BCUT2D eigenvalue weighted by Gasteiger charge is 2.16. The van der Waals surface area contributed by atoms with Gasteiger partial charge in [-0.3, -0.25) is 9.79 Å². The van der Waals surface area contributed by atoms with Crippen molar-refractivity contribution in [2.24, 2.45) is 27.9 Å². The molecule has 0 aliphatic rings. The van der Waals surface area contributed by atoms with Crippen LogP contribution in [0, 0.1) is 0 Å². The summed E-state index contributed by atoms with van der Waals surface area (Å²) in [5, 5.41) is 8.42. The predicted molar refractivity (Wildman–Crippen MR) is 93.6 cm³/mol. The van der Waals surface area contributed by atoms with Crippen LogP contribution < -0.4 is 22.9 Å². The number of nitrogens with one attached hydrogen (secondary N) is 1. The van der Waals surface area contributed by atoms with E-state index < -0.39 is 30.0 Å². The number of aromatic nitrogens is 2. The van der Waals surface area contributed by atoms with E-state index in [2.05, 4.69) is 24.7 Å². The molecule has 0 amide bonds. The Balaban J connectivity index is 0.000000533. The number of aliphatic carboxylic acids is 1. The quantitative estimate of drug-likeness (QED) is 0.0915. The Morgan fingerprint density at radius 3 is 2.41 bits per heavy atom. The Morgan fingerprint density at radius 2 is 1.93 bits per heavy atom. The number of guanidine groups is 1. The Morgan fingerprint density at radius 1 is 1.26 bits per heavy atom. The molecule has 0 fully saturated rings. The molecule has 1 aromatic heterocycles. The highest BCUT2D eigenvalue weighted by molar-refractivity contribution is 5.76. The minimum atomic E-state index is -1.00. The number of H-pyrrole nitrogens is 1. The van der Waals surface area contributed by atoms with Gasteiger partial charge in [-0.2, -0.15) is 0 Å². The van der Waals surface area contributed by atoms with Crippen molar-refractivity contribution in [3.8, 4) is 0 Å². The molecule has 0 aliphatic heterocycles. The molecule has 0 aliphatic carbocycles. The molecule has 0 radical (unpaired) electrons. The second-order valence-electron chi connectivity index (χ2n) is 5.26. The first kappa shape index (κ1) is 23.8. The molecule has 2 unspecified atom stereocenters. The van der Waals surface area contributed by atoms with Crippen molar-refractivity contribution in [3.05, 3.63) is 18.2 Å². The molecule has 1 aromatic rings. The zero-order chi connectivity index (χ0) is 20.8. The minimum Gasteiger partial charge on any atom is -0.480 e. The fourth-order valence-corrected chi connectivity index (χ4v) is 1.52. The number of nitrogens with zero attached hydrogens (tertiary/aromatic N) is 2. The lowest BCUT2D eigenvalue weighted by Crippen LogP contribution is -2.33. The first-order valence-electron chi connectivity index (χ1n) is 7.79. The summed E-state index contributed by atoms with van der Waals surface area (Å²) in [6, 6.07) is -1.72. The van der Waals surface area contributed by atoms with E-state index in [9.17, 15) is 14.4 Å². The van der Waals surface area contributed by atoms with Crippen LogP contribution in [0.15, 0.2) is 17.5 Å². The molecule has 13 heteroatoms. The van der Waals surface area contributed by atoms with Crippen LogP contribution in [-0.4, -0.2) is 57.6 Å². The summed E-state index contributed by atoms with van der Waals surface area (Å²) in [5.74, 6) is -2.54. The van der Waals surface area contributed by atoms with E-state index in [0.717, 1.165) is 12.6 Å². The second-order valence-corrected chi connectivity index (χ2v) is 5.26. The average molecular weight is 387 g/mol. The number of hydrogen-bond acceptors (Lipinski definition) is 9. The van der Waals surface area contributed by atoms with Crippen molar-refractivity contribution in [3.63, 3.8) is 0 Å². The lowest BCUT2D eigenvalue weighted by Gasteiger charge is -2.07. The standard InChI is InChI=1S/C8H16N4O4.C6H9N3O2/c1-5(13)15-16-7(14)6(9)3-2-4-12-8(10)11;7-5(6(10)11)1-4-2-8-3-9-4/h6H,2-4,9H2,1H3,(H4,10,11,12);2-3,5H,1,7H2,(H,8,9)(H,10,11). The molecule has 2 atom stereocenters. The highest BCUT2D eigenvalue weighted by Crippen LogP contribution is 1.98. The number of carbonyl (C=O) groups is 3. The number of aromatic amines is 1. The first-order valence-corrected chi connectivity index (χ1v) is 7.79. The van der Waals surface area contributed by atoms with E-state index in [4.69, 9.17) is 28.0 Å². The third-order valence-electron chi connectivity index (χ3n) is 2.82. The van der Waals surface area contributed by atoms with Crippen molar-refractivity contribution < 1.29 is 29.3 Å². The van der Waals surface area contributed by atoms with E-state index >= 15 is 0 Å². The number of aliphatic imine (C=N–C) groups is 1. The van der Waals surface area contributed by atoms with Crippen LogP contribution in [0.1, 0.15) is 25.5 Å². The maximum Gasteiger partial charge on any atom is 0.372 e. The Labute approximate surface area is 155 Å². The fourth-order valence-electron chi connectivity index (χ4n) is 1.52. The van der Waals surface area contributed by atoms with Gasteiger partial charge >= 0.3 is 17.9 Å². The third-order valence-corrected chi connectivity index (χ3v) is 2.82. The van der Waals surface area contributed by atoms with Gasteiger partial charge in [0.05, 0.1) is 6.33 Å². The van der Waals surface area contributed by atoms with Crippen LogP contribution in [0.3, 0.4) is 0 Å². The molecule has 1 heterocycles. The van der Waals surface area contributed by atoms with Gasteiger partial charge in [0.25, 0.3) is 0 Å². The topological polar surface area (TPSA) is 235 Å². The van der Waals surface area contributed by atoms with Crippen molar-refractivity contribution in [2.75, 3.05) is 6.54 Å². The van der Waals surface area contributed by atoms with Crippen LogP contribution in [0.5, 0.6) is 0 Å². The van der Waals surface area contributed by atoms with Gasteiger partial charge in [-0.1, -0.05) is 0 Å². The van der Waals surface area contributed by atoms with E-state index in [1.165, 1.54) is 6.33 Å². The molecule has 0 saturated carbocycles. The van der Waals surface area contributed by atoms with Gasteiger partial charge in [0, 0.05) is 31.8 Å². The number of carboxylic acids is 1. The predicted octanol–water partition coefficient (Wildman–Crippen LogP) is -2.25. The molecule has 152 valence electrons. The van der Waals surface area contributed by atoms with Crippen LogP contribution >= 0.6 is 0 Å². The smallest absolute Gasteiger partial charge is 0.372 e. The monoisotopic (exact) mass is 387 g/mol. The molecular weight excluding hydrogens is 362 g/mol. The summed E-state index contributed by atoms with van der Waals surface area (Å²) >= 11 is 0. The van der Waals surface area contributed by atoms with E-state index in [-0.39, 0.29) is 12.4 Å². The molecular formula is C14H25N7O6. The van der Waals surface area contributed by atoms with Gasteiger partial charge in [0.1, 0.15) is 12.1 Å². The van der Waals surface area contributed by atoms with Gasteiger partial charge in [-0.15, -0.1) is 0 Å². The van der Waals surface area contributed by atoms with Gasteiger partial charge in [0.15, 0.2) is 5.96 Å². The van der Waals surface area contributed by atoms with Crippen molar-refractivity contribution in [1.29, 1.82) is 0 Å². The first-order chi connectivity index (χ1) is 12.6. The number of imidazole rings is 1. The maximum absolute atomic E-state index is 11.1. The summed E-state index contributed by atoms with van der Waals surface area (Å²) in [4.78, 5) is 50.0. The van der Waals surface area contributed by atoms with Gasteiger partial charge in [0.2, 0.25) is 0 Å². The van der Waals surface area contributed by atoms with E-state index in [1.54, 1.807) is 6.20 Å². The van der Waals surface area contributed by atoms with E-state index in [0.29, 0.717) is 19.4 Å². The highest BCUT2D eigenvalue weighted by atomic mass is 17.2. The maximum atomic E-state index is 11.1. The number of hydrogen-bond donors (Lipinski definition) is 6. The minimum absolute atomic E-state index is 0.0175. The lowest BCUT2D eigenvalue weighted by atomic mass is 10.2. The van der Waals surface area contributed by atoms with Gasteiger partial charge in [-0.05, 0) is 12.8 Å². The molecule has 13 nitrogen and oxygen atoms in total. The van der Waals surface area contributed by atoms with Crippen LogP contribution in [0.25, 0.3) is 0 Å². The zero-order valence-corrected chi connectivity index (χ0v) is 14.8. The lowest BCUT2D eigenvalue weighted by molar-refractivity contribution is -0.258. The average Bonchev–Trinajstić information content (AvgIpc) is 3.09. The van der Waals surface area contributed by atoms with Gasteiger partial charge < -0.3 is 33.0 Å². The fraction of sp³-hybridized carbons (Fsp3) is 0.500. The molecule has 10 N–H and O–H groups in total. The largest absolute Gasteiger partial charge is 0.480 e. The molecule has 0 bridgehead atoms. The summed E-state index contributed by atoms with van der Waals surface area (Å²) in [5.41, 5.74) is 21.6. The summed E-state index contributed by atoms with van der Waals surface area (Å²) in [6.07, 6.45) is 4.19. The normalized spacial score (nSPS) is 12.0. The van der Waals surface area contributed by atoms with E-state index in [1.807, 2.05) is 0 Å². The summed E-state index contributed by atoms with van der Waals surface area (Å²) in [7, 11) is 0. The SMILES string of the molecule is CC(=O)OOC(=O)C(N)CCCN=C(N)N.NC(Cc1cnc[nH]1)C(=O)O. The van der Waals surface area contributed by atoms with Crippen molar-refractivity contribution in [2.45, 2.75) is 38.3 Å². The molecule has 0 saturated heterocycles. The summed E-state index contributed by atoms with van der Waals surface area (Å²) < 4.78 is 0. The Kier molecular flexibility index (Phi) is 11.5. The van der Waals surface area contributed by atoms with Crippen molar-refractivity contribution >= 4 is 23.9 Å².